The number of hydrogen-bond acceptors (Lipinski definition) is 1. The predicted octanol–water partition coefficient (Wildman–Crippen LogP) is 3.36. The molecule has 2 N–H and O–H groups in total. The highest BCUT2D eigenvalue weighted by atomic mass is 16.4. The minimum atomic E-state index is -0.980. The van der Waals surface area contributed by atoms with Crippen molar-refractivity contribution in [2.24, 2.45) is 0 Å². The van der Waals surface area contributed by atoms with Crippen LogP contribution in [0.25, 0.3) is 0 Å². The van der Waals surface area contributed by atoms with E-state index in [0.717, 1.165) is 12.0 Å². The Bertz CT molecular complexity index is 350. The second-order valence-electron chi connectivity index (χ2n) is 4.09. The fourth-order valence-electron chi connectivity index (χ4n) is 1.79. The third-order valence-corrected chi connectivity index (χ3v) is 2.69. The molecule has 0 heterocycles. The summed E-state index contributed by atoms with van der Waals surface area (Å²) in [6, 6.07) is 8.11. The van der Waals surface area contributed by atoms with Crippen LogP contribution in [0.5, 0.6) is 0 Å². The van der Waals surface area contributed by atoms with Crippen molar-refractivity contribution in [2.75, 3.05) is 0 Å². The molecule has 3 heteroatoms. The predicted molar refractivity (Wildman–Crippen MR) is 64.6 cm³/mol. The zero-order valence-electron chi connectivity index (χ0n) is 9.86. The van der Waals surface area contributed by atoms with E-state index in [2.05, 4.69) is 31.3 Å². The van der Waals surface area contributed by atoms with Crippen LogP contribution in [-0.2, 0) is 6.54 Å². The van der Waals surface area contributed by atoms with Crippen LogP contribution < -0.4 is 5.32 Å². The summed E-state index contributed by atoms with van der Waals surface area (Å²) >= 11 is 0. The molecule has 1 amide bonds. The fourth-order valence-corrected chi connectivity index (χ4v) is 1.79. The molecule has 88 valence electrons. The van der Waals surface area contributed by atoms with Crippen LogP contribution in [-0.4, -0.2) is 11.2 Å². The van der Waals surface area contributed by atoms with Crippen molar-refractivity contribution in [1.29, 1.82) is 0 Å². The van der Waals surface area contributed by atoms with Gasteiger partial charge >= 0.3 is 6.09 Å². The minimum Gasteiger partial charge on any atom is -0.465 e. The molecule has 1 atom stereocenters. The zero-order valence-corrected chi connectivity index (χ0v) is 9.86. The van der Waals surface area contributed by atoms with Crippen LogP contribution in [0.4, 0.5) is 4.79 Å². The van der Waals surface area contributed by atoms with Crippen molar-refractivity contribution in [1.82, 2.24) is 5.32 Å². The largest absolute Gasteiger partial charge is 0.465 e. The molecule has 0 aromatic heterocycles. The molecule has 0 aliphatic carbocycles. The van der Waals surface area contributed by atoms with Crippen LogP contribution in [0.1, 0.15) is 43.7 Å². The highest BCUT2D eigenvalue weighted by Gasteiger charge is 2.05. The first-order chi connectivity index (χ1) is 7.63. The molecular weight excluding hydrogens is 202 g/mol. The number of rotatable bonds is 5. The average Bonchev–Trinajstić information content (AvgIpc) is 2.27. The molecule has 1 unspecified atom stereocenters. The molecule has 1 aromatic carbocycles. The van der Waals surface area contributed by atoms with E-state index < -0.39 is 6.09 Å². The summed E-state index contributed by atoms with van der Waals surface area (Å²) in [5.41, 5.74) is 2.30. The number of nitrogens with one attached hydrogen (secondary N) is 1. The van der Waals surface area contributed by atoms with Crippen LogP contribution in [0.2, 0.25) is 0 Å². The Hall–Kier alpha value is -1.51. The van der Waals surface area contributed by atoms with Crippen LogP contribution in [0, 0.1) is 0 Å². The number of hydrogen-bond donors (Lipinski definition) is 2. The lowest BCUT2D eigenvalue weighted by molar-refractivity contribution is 0.194. The molecule has 0 spiro atoms. The Morgan fingerprint density at radius 3 is 2.88 bits per heavy atom. The van der Waals surface area contributed by atoms with Crippen molar-refractivity contribution < 1.29 is 9.90 Å². The number of carbonyl (C=O) groups is 1. The molecule has 0 aliphatic heterocycles. The molecule has 0 fully saturated rings. The first kappa shape index (κ1) is 12.6. The van der Waals surface area contributed by atoms with E-state index in [-0.39, 0.29) is 0 Å². The van der Waals surface area contributed by atoms with Gasteiger partial charge in [0.15, 0.2) is 0 Å². The highest BCUT2D eigenvalue weighted by molar-refractivity contribution is 5.64. The molecule has 1 rings (SSSR count). The summed E-state index contributed by atoms with van der Waals surface area (Å²) in [5.74, 6) is 0.537. The van der Waals surface area contributed by atoms with Gasteiger partial charge in [-0.2, -0.15) is 0 Å². The number of benzene rings is 1. The highest BCUT2D eigenvalue weighted by Crippen LogP contribution is 2.21. The molecular formula is C13H19NO2. The van der Waals surface area contributed by atoms with Gasteiger partial charge in [-0.3, -0.25) is 0 Å². The van der Waals surface area contributed by atoms with Gasteiger partial charge in [-0.05, 0) is 23.5 Å². The second-order valence-corrected chi connectivity index (χ2v) is 4.09. The fraction of sp³-hybridized carbons (Fsp3) is 0.462. The topological polar surface area (TPSA) is 49.3 Å². The maximum Gasteiger partial charge on any atom is 0.404 e. The number of amides is 1. The molecule has 1 aromatic rings. The van der Waals surface area contributed by atoms with Gasteiger partial charge in [0.1, 0.15) is 0 Å². The lowest BCUT2D eigenvalue weighted by Gasteiger charge is -2.12. The van der Waals surface area contributed by atoms with E-state index in [4.69, 9.17) is 5.11 Å². The standard InChI is InChI=1S/C13H19NO2/c1-3-5-10(2)12-7-4-6-11(8-12)9-14-13(15)16/h4,6-8,10,14H,3,5,9H2,1-2H3,(H,15,16). The summed E-state index contributed by atoms with van der Waals surface area (Å²) in [5, 5.41) is 10.9. The zero-order chi connectivity index (χ0) is 12.0. The van der Waals surface area contributed by atoms with E-state index in [9.17, 15) is 4.79 Å². The molecule has 3 nitrogen and oxygen atoms in total. The quantitative estimate of drug-likeness (QED) is 0.801. The Morgan fingerprint density at radius 2 is 2.25 bits per heavy atom. The van der Waals surface area contributed by atoms with E-state index in [0.29, 0.717) is 12.5 Å². The van der Waals surface area contributed by atoms with E-state index in [1.165, 1.54) is 12.0 Å². The van der Waals surface area contributed by atoms with Gasteiger partial charge in [-0.1, -0.05) is 44.5 Å². The van der Waals surface area contributed by atoms with E-state index >= 15 is 0 Å². The van der Waals surface area contributed by atoms with Crippen molar-refractivity contribution >= 4 is 6.09 Å². The van der Waals surface area contributed by atoms with Crippen molar-refractivity contribution in [3.05, 3.63) is 35.4 Å². The summed E-state index contributed by atoms with van der Waals surface area (Å²) in [4.78, 5) is 10.4. The van der Waals surface area contributed by atoms with Crippen LogP contribution >= 0.6 is 0 Å². The SMILES string of the molecule is CCCC(C)c1cccc(CNC(=O)O)c1. The van der Waals surface area contributed by atoms with Gasteiger partial charge in [-0.25, -0.2) is 4.79 Å². The van der Waals surface area contributed by atoms with Gasteiger partial charge < -0.3 is 10.4 Å². The van der Waals surface area contributed by atoms with E-state index in [1.807, 2.05) is 12.1 Å². The van der Waals surface area contributed by atoms with Crippen molar-refractivity contribution in [2.45, 2.75) is 39.2 Å². The third-order valence-electron chi connectivity index (χ3n) is 2.69. The summed E-state index contributed by atoms with van der Waals surface area (Å²) in [6.45, 7) is 4.75. The Morgan fingerprint density at radius 1 is 1.50 bits per heavy atom. The molecule has 0 saturated heterocycles. The van der Waals surface area contributed by atoms with Gasteiger partial charge in [0, 0.05) is 6.54 Å². The summed E-state index contributed by atoms with van der Waals surface area (Å²) < 4.78 is 0. The molecule has 0 bridgehead atoms. The molecule has 16 heavy (non-hydrogen) atoms. The normalized spacial score (nSPS) is 12.1. The lowest BCUT2D eigenvalue weighted by Crippen LogP contribution is -2.19. The third kappa shape index (κ3) is 3.93. The Kier molecular flexibility index (Phi) is 4.83. The summed E-state index contributed by atoms with van der Waals surface area (Å²) in [6.07, 6.45) is 1.35. The van der Waals surface area contributed by atoms with E-state index in [1.54, 1.807) is 0 Å². The van der Waals surface area contributed by atoms with Gasteiger partial charge in [0.2, 0.25) is 0 Å². The summed E-state index contributed by atoms with van der Waals surface area (Å²) in [7, 11) is 0. The molecule has 0 radical (unpaired) electrons. The first-order valence-corrected chi connectivity index (χ1v) is 5.69. The maximum absolute atomic E-state index is 10.4. The Labute approximate surface area is 96.5 Å². The maximum atomic E-state index is 10.4. The first-order valence-electron chi connectivity index (χ1n) is 5.69. The lowest BCUT2D eigenvalue weighted by atomic mass is 9.95. The monoisotopic (exact) mass is 221 g/mol. The number of carboxylic acid groups (broad SMARTS) is 1. The molecule has 0 aliphatic rings. The second kappa shape index (κ2) is 6.16. The van der Waals surface area contributed by atoms with Crippen LogP contribution in [0.3, 0.4) is 0 Å². The minimum absolute atomic E-state index is 0.377. The van der Waals surface area contributed by atoms with Crippen molar-refractivity contribution in [3.8, 4) is 0 Å². The van der Waals surface area contributed by atoms with Gasteiger partial charge in [0.25, 0.3) is 0 Å². The smallest absolute Gasteiger partial charge is 0.404 e. The molecule has 0 saturated carbocycles. The Balaban J connectivity index is 2.66. The average molecular weight is 221 g/mol. The van der Waals surface area contributed by atoms with Gasteiger partial charge in [-0.15, -0.1) is 0 Å². The van der Waals surface area contributed by atoms with Gasteiger partial charge in [0.05, 0.1) is 0 Å². The van der Waals surface area contributed by atoms with Crippen molar-refractivity contribution in [3.63, 3.8) is 0 Å². The van der Waals surface area contributed by atoms with Crippen LogP contribution in [0.15, 0.2) is 24.3 Å².